The van der Waals surface area contributed by atoms with E-state index in [2.05, 4.69) is 41.6 Å². The average Bonchev–Trinajstić information content (AvgIpc) is 2.22. The van der Waals surface area contributed by atoms with Crippen molar-refractivity contribution in [3.63, 3.8) is 0 Å². The van der Waals surface area contributed by atoms with Crippen LogP contribution in [0.15, 0.2) is 13.5 Å². The third-order valence-corrected chi connectivity index (χ3v) is 16.3. The van der Waals surface area contributed by atoms with Crippen molar-refractivity contribution in [3.05, 3.63) is 0 Å². The van der Waals surface area contributed by atoms with Gasteiger partial charge in [-0.2, -0.15) is 13.5 Å². The minimum absolute atomic E-state index is 0.257. The second kappa shape index (κ2) is 6.58. The number of hydrogen-bond donors (Lipinski definition) is 0. The van der Waals surface area contributed by atoms with Crippen LogP contribution in [0.1, 0.15) is 34.1 Å². The summed E-state index contributed by atoms with van der Waals surface area (Å²) in [5.74, 6) is -5.79. The Kier molecular flexibility index (Phi) is 5.99. The fourth-order valence-corrected chi connectivity index (χ4v) is 19.4. The van der Waals surface area contributed by atoms with Gasteiger partial charge >= 0.3 is 0 Å². The van der Waals surface area contributed by atoms with Crippen LogP contribution in [0.4, 0.5) is 0 Å². The quantitative estimate of drug-likeness (QED) is 0.421. The molecule has 124 valence electrons. The van der Waals surface area contributed by atoms with Gasteiger partial charge in [-0.1, -0.05) is 0 Å². The molecule has 0 unspecified atom stereocenters. The van der Waals surface area contributed by atoms with E-state index in [0.29, 0.717) is 0 Å². The van der Waals surface area contributed by atoms with E-state index >= 15 is 0 Å². The third-order valence-electron chi connectivity index (χ3n) is 3.33. The molecule has 0 bridgehead atoms. The molecule has 0 atom stereocenters. The SMILES string of the molecule is CC(C)N1CCCN(C(C)C)P12=NP(Cl)(Cl)=NP(Cl)(Cl)=N2. The standard InChI is InChI=1S/C9H20Cl4N5P3/c1-8(2)17-6-5-7-18(9(3)4)21(17)15-19(10,11)14-20(12,13)16-21/h8-9H,5-7H2,1-4H3. The molecule has 0 aromatic carbocycles. The van der Waals surface area contributed by atoms with Gasteiger partial charge in [-0.05, 0) is 79.1 Å². The van der Waals surface area contributed by atoms with Gasteiger partial charge in [0.1, 0.15) is 0 Å². The molecule has 0 aromatic heterocycles. The molecule has 1 saturated heterocycles. The number of halogens is 4. The predicted octanol–water partition coefficient (Wildman–Crippen LogP) is 7.62. The Balaban J connectivity index is 2.76. The maximum Gasteiger partial charge on any atom is 0.257 e. The molecule has 1 spiro atoms. The maximum absolute atomic E-state index is 6.34. The molecule has 2 rings (SSSR count). The predicted molar refractivity (Wildman–Crippen MR) is 99.8 cm³/mol. The van der Waals surface area contributed by atoms with E-state index in [1.54, 1.807) is 0 Å². The van der Waals surface area contributed by atoms with Crippen molar-refractivity contribution >= 4 is 64.3 Å². The second-order valence-electron chi connectivity index (χ2n) is 5.58. The van der Waals surface area contributed by atoms with Crippen molar-refractivity contribution in [1.82, 2.24) is 9.34 Å². The summed E-state index contributed by atoms with van der Waals surface area (Å²) in [7, 11) is -2.47. The van der Waals surface area contributed by atoms with Crippen LogP contribution in [0.5, 0.6) is 0 Å². The summed E-state index contributed by atoms with van der Waals surface area (Å²) in [5.41, 5.74) is 0. The fourth-order valence-electron chi connectivity index (χ4n) is 2.62. The summed E-state index contributed by atoms with van der Waals surface area (Å²) in [6, 6.07) is 0.513. The van der Waals surface area contributed by atoms with Gasteiger partial charge in [0.25, 0.3) is 11.8 Å². The van der Waals surface area contributed by atoms with Crippen LogP contribution in [0, 0.1) is 0 Å². The van der Waals surface area contributed by atoms with Crippen molar-refractivity contribution in [2.24, 2.45) is 13.5 Å². The Labute approximate surface area is 146 Å². The number of nitrogens with zero attached hydrogens (tertiary/aromatic N) is 5. The molecule has 0 N–H and O–H groups in total. The normalized spacial score (nSPS) is 28.3. The van der Waals surface area contributed by atoms with Crippen molar-refractivity contribution < 1.29 is 0 Å². The van der Waals surface area contributed by atoms with Crippen LogP contribution < -0.4 is 0 Å². The maximum atomic E-state index is 6.34. The van der Waals surface area contributed by atoms with Gasteiger partial charge in [-0.25, -0.2) is 9.34 Å². The average molecular weight is 433 g/mol. The highest BCUT2D eigenvalue weighted by Crippen LogP contribution is 2.87. The lowest BCUT2D eigenvalue weighted by Crippen LogP contribution is -2.44. The topological polar surface area (TPSA) is 43.6 Å². The summed E-state index contributed by atoms with van der Waals surface area (Å²) < 4.78 is 18.1. The lowest BCUT2D eigenvalue weighted by Gasteiger charge is -2.49. The van der Waals surface area contributed by atoms with Crippen molar-refractivity contribution in [1.29, 1.82) is 0 Å². The highest BCUT2D eigenvalue weighted by Gasteiger charge is 2.45. The van der Waals surface area contributed by atoms with E-state index < -0.39 is 19.3 Å². The molecule has 1 fully saturated rings. The first-order valence-electron chi connectivity index (χ1n) is 6.73. The Bertz CT molecular complexity index is 550. The monoisotopic (exact) mass is 431 g/mol. The Morgan fingerprint density at radius 2 is 1.19 bits per heavy atom. The van der Waals surface area contributed by atoms with Gasteiger partial charge in [-0.3, -0.25) is 0 Å². The van der Waals surface area contributed by atoms with Crippen LogP contribution in [0.2, 0.25) is 0 Å². The molecule has 2 heterocycles. The lowest BCUT2D eigenvalue weighted by molar-refractivity contribution is 0.254. The van der Waals surface area contributed by atoms with Crippen LogP contribution >= 0.6 is 64.3 Å². The van der Waals surface area contributed by atoms with Crippen LogP contribution in [-0.2, 0) is 0 Å². The highest BCUT2D eigenvalue weighted by molar-refractivity contribution is 8.20. The van der Waals surface area contributed by atoms with Gasteiger partial charge < -0.3 is 0 Å². The van der Waals surface area contributed by atoms with Crippen LogP contribution in [0.3, 0.4) is 0 Å². The number of hydrogen-bond acceptors (Lipinski definition) is 5. The molecule has 2 aliphatic rings. The van der Waals surface area contributed by atoms with Gasteiger partial charge in [0.15, 0.2) is 0 Å². The van der Waals surface area contributed by atoms with E-state index in [9.17, 15) is 0 Å². The smallest absolute Gasteiger partial charge is 0.237 e. The molecule has 0 amide bonds. The fraction of sp³-hybridized carbons (Fsp3) is 1.00. The summed E-state index contributed by atoms with van der Waals surface area (Å²) in [6.45, 7) is 10.3. The first-order valence-corrected chi connectivity index (χ1v) is 15.3. The molecular formula is C9H20Cl4N5P3. The lowest BCUT2D eigenvalue weighted by atomic mass is 10.3. The van der Waals surface area contributed by atoms with Gasteiger partial charge in [0.05, 0.1) is 0 Å². The molecule has 0 radical (unpaired) electrons. The van der Waals surface area contributed by atoms with E-state index in [-0.39, 0.29) is 12.1 Å². The summed E-state index contributed by atoms with van der Waals surface area (Å²) >= 11 is 25.3. The summed E-state index contributed by atoms with van der Waals surface area (Å²) in [4.78, 5) is 0. The largest absolute Gasteiger partial charge is 0.257 e. The van der Waals surface area contributed by atoms with Gasteiger partial charge in [0.2, 0.25) is 7.51 Å². The van der Waals surface area contributed by atoms with Crippen molar-refractivity contribution in [2.45, 2.75) is 46.2 Å². The van der Waals surface area contributed by atoms with E-state index in [0.717, 1.165) is 19.5 Å². The molecule has 0 saturated carbocycles. The van der Waals surface area contributed by atoms with E-state index in [1.807, 2.05) is 0 Å². The summed E-state index contributed by atoms with van der Waals surface area (Å²) in [5, 5.41) is 0. The zero-order chi connectivity index (χ0) is 16.1. The molecule has 5 nitrogen and oxygen atoms in total. The number of rotatable bonds is 2. The molecule has 21 heavy (non-hydrogen) atoms. The molecule has 2 aliphatic heterocycles. The molecular weight excluding hydrogens is 413 g/mol. The van der Waals surface area contributed by atoms with Gasteiger partial charge in [-0.15, -0.1) is 0 Å². The van der Waals surface area contributed by atoms with E-state index in [4.69, 9.17) is 54.0 Å². The van der Waals surface area contributed by atoms with Crippen LogP contribution in [-0.4, -0.2) is 34.5 Å². The van der Waals surface area contributed by atoms with Crippen molar-refractivity contribution in [3.8, 4) is 0 Å². The van der Waals surface area contributed by atoms with E-state index in [1.165, 1.54) is 0 Å². The zero-order valence-corrected chi connectivity index (χ0v) is 18.1. The molecule has 0 aliphatic carbocycles. The Hall–Kier alpha value is 1.77. The Morgan fingerprint density at radius 1 is 0.762 bits per heavy atom. The third kappa shape index (κ3) is 4.06. The zero-order valence-electron chi connectivity index (χ0n) is 12.4. The van der Waals surface area contributed by atoms with Crippen LogP contribution in [0.25, 0.3) is 0 Å². The molecule has 0 aromatic rings. The first kappa shape index (κ1) is 19.1. The Morgan fingerprint density at radius 3 is 1.57 bits per heavy atom. The minimum atomic E-state index is -2.89. The summed E-state index contributed by atoms with van der Waals surface area (Å²) in [6.07, 6.45) is 1.05. The minimum Gasteiger partial charge on any atom is -0.237 e. The first-order chi connectivity index (χ1) is 9.49. The van der Waals surface area contributed by atoms with Crippen molar-refractivity contribution in [2.75, 3.05) is 13.1 Å². The second-order valence-corrected chi connectivity index (χ2v) is 18.3. The van der Waals surface area contributed by atoms with Gasteiger partial charge in [0, 0.05) is 25.2 Å². The molecule has 12 heteroatoms. The highest BCUT2D eigenvalue weighted by atomic mass is 35.9.